The average molecular weight is 420 g/mol. The van der Waals surface area contributed by atoms with Gasteiger partial charge in [0.05, 0.1) is 11.3 Å². The molecule has 0 fully saturated rings. The van der Waals surface area contributed by atoms with Crippen molar-refractivity contribution in [1.29, 1.82) is 0 Å². The number of nitrogens with one attached hydrogen (secondary N) is 2. The standard InChI is InChI=1S/C12H8Br2N2O3S/c13-6-1-2-9(8(14)5-6)15-12(19)16-10-7(11(17)18)3-4-20-10/h1-5H,(H,17,18)(H2,15,16,19). The van der Waals surface area contributed by atoms with Gasteiger partial charge >= 0.3 is 12.0 Å². The number of hydrogen-bond acceptors (Lipinski definition) is 3. The number of halogens is 2. The molecule has 0 saturated heterocycles. The number of urea groups is 1. The van der Waals surface area contributed by atoms with E-state index in [0.29, 0.717) is 15.2 Å². The molecule has 0 aliphatic carbocycles. The highest BCUT2D eigenvalue weighted by atomic mass is 79.9. The zero-order chi connectivity index (χ0) is 14.7. The molecule has 2 aromatic rings. The zero-order valence-corrected chi connectivity index (χ0v) is 13.8. The van der Waals surface area contributed by atoms with Gasteiger partial charge in [0, 0.05) is 8.95 Å². The van der Waals surface area contributed by atoms with E-state index in [2.05, 4.69) is 42.5 Å². The molecular formula is C12H8Br2N2O3S. The van der Waals surface area contributed by atoms with Crippen LogP contribution >= 0.6 is 43.2 Å². The Morgan fingerprint density at radius 2 is 1.90 bits per heavy atom. The van der Waals surface area contributed by atoms with E-state index in [1.54, 1.807) is 23.6 Å². The van der Waals surface area contributed by atoms with E-state index in [1.807, 2.05) is 0 Å². The summed E-state index contributed by atoms with van der Waals surface area (Å²) in [5, 5.41) is 16.0. The highest BCUT2D eigenvalue weighted by Crippen LogP contribution is 2.27. The molecule has 2 rings (SSSR count). The van der Waals surface area contributed by atoms with Gasteiger partial charge in [-0.2, -0.15) is 0 Å². The second-order valence-electron chi connectivity index (χ2n) is 3.67. The summed E-state index contributed by atoms with van der Waals surface area (Å²) in [6, 6.07) is 6.24. The summed E-state index contributed by atoms with van der Waals surface area (Å²) in [7, 11) is 0. The third kappa shape index (κ3) is 3.59. The van der Waals surface area contributed by atoms with Gasteiger partial charge in [0.25, 0.3) is 0 Å². The lowest BCUT2D eigenvalue weighted by Crippen LogP contribution is -2.20. The quantitative estimate of drug-likeness (QED) is 0.679. The summed E-state index contributed by atoms with van der Waals surface area (Å²) in [4.78, 5) is 22.8. The van der Waals surface area contributed by atoms with Crippen LogP contribution < -0.4 is 10.6 Å². The lowest BCUT2D eigenvalue weighted by Gasteiger charge is -2.09. The van der Waals surface area contributed by atoms with Crippen LogP contribution in [-0.4, -0.2) is 17.1 Å². The summed E-state index contributed by atoms with van der Waals surface area (Å²) in [5.41, 5.74) is 0.652. The van der Waals surface area contributed by atoms with Crippen molar-refractivity contribution in [2.45, 2.75) is 0 Å². The number of aromatic carboxylic acids is 1. The Morgan fingerprint density at radius 1 is 1.15 bits per heavy atom. The number of carbonyl (C=O) groups excluding carboxylic acids is 1. The monoisotopic (exact) mass is 418 g/mol. The van der Waals surface area contributed by atoms with Gasteiger partial charge in [0.1, 0.15) is 5.00 Å². The molecule has 0 aliphatic rings. The molecular weight excluding hydrogens is 412 g/mol. The van der Waals surface area contributed by atoms with Crippen LogP contribution in [0.4, 0.5) is 15.5 Å². The molecule has 3 N–H and O–H groups in total. The van der Waals surface area contributed by atoms with Gasteiger partial charge in [0.2, 0.25) is 0 Å². The van der Waals surface area contributed by atoms with Crippen molar-refractivity contribution in [3.63, 3.8) is 0 Å². The first-order chi connectivity index (χ1) is 9.47. The number of carbonyl (C=O) groups is 2. The van der Waals surface area contributed by atoms with E-state index in [0.717, 1.165) is 15.8 Å². The van der Waals surface area contributed by atoms with E-state index >= 15 is 0 Å². The summed E-state index contributed by atoms with van der Waals surface area (Å²) in [6.07, 6.45) is 0. The second kappa shape index (κ2) is 6.38. The van der Waals surface area contributed by atoms with E-state index in [-0.39, 0.29) is 5.56 Å². The Bertz CT molecular complexity index is 672. The van der Waals surface area contributed by atoms with Crippen LogP contribution in [0.5, 0.6) is 0 Å². The molecule has 0 unspecified atom stereocenters. The minimum Gasteiger partial charge on any atom is -0.478 e. The highest BCUT2D eigenvalue weighted by Gasteiger charge is 2.14. The van der Waals surface area contributed by atoms with E-state index in [4.69, 9.17) is 5.11 Å². The van der Waals surface area contributed by atoms with Gasteiger partial charge in [-0.25, -0.2) is 9.59 Å². The number of thiophene rings is 1. The Hall–Kier alpha value is -1.38. The number of carboxylic acid groups (broad SMARTS) is 1. The fourth-order valence-electron chi connectivity index (χ4n) is 1.42. The summed E-state index contributed by atoms with van der Waals surface area (Å²) in [5.74, 6) is -1.08. The molecule has 0 aliphatic heterocycles. The number of amides is 2. The van der Waals surface area contributed by atoms with Crippen LogP contribution in [0.25, 0.3) is 0 Å². The lowest BCUT2D eigenvalue weighted by molar-refractivity contribution is 0.0698. The summed E-state index contributed by atoms with van der Waals surface area (Å²) in [6.45, 7) is 0. The van der Waals surface area contributed by atoms with Crippen LogP contribution in [0.3, 0.4) is 0 Å². The smallest absolute Gasteiger partial charge is 0.338 e. The first-order valence-corrected chi connectivity index (χ1v) is 7.78. The van der Waals surface area contributed by atoms with Crippen LogP contribution in [-0.2, 0) is 0 Å². The number of benzene rings is 1. The maximum atomic E-state index is 11.9. The minimum absolute atomic E-state index is 0.0695. The topological polar surface area (TPSA) is 78.4 Å². The molecule has 0 atom stereocenters. The molecule has 1 heterocycles. The SMILES string of the molecule is O=C(Nc1ccc(Br)cc1Br)Nc1sccc1C(=O)O. The Kier molecular flexibility index (Phi) is 4.79. The lowest BCUT2D eigenvalue weighted by atomic mass is 10.3. The van der Waals surface area contributed by atoms with Crippen LogP contribution in [0.15, 0.2) is 38.6 Å². The van der Waals surface area contributed by atoms with Gasteiger partial charge in [-0.15, -0.1) is 11.3 Å². The van der Waals surface area contributed by atoms with Gasteiger partial charge in [-0.1, -0.05) is 15.9 Å². The molecule has 0 radical (unpaired) electrons. The fraction of sp³-hybridized carbons (Fsp3) is 0. The first kappa shape index (κ1) is 15.0. The van der Waals surface area contributed by atoms with Crippen molar-refractivity contribution >= 4 is 65.9 Å². The largest absolute Gasteiger partial charge is 0.478 e. The normalized spacial score (nSPS) is 10.1. The molecule has 20 heavy (non-hydrogen) atoms. The average Bonchev–Trinajstić information content (AvgIpc) is 2.81. The molecule has 5 nitrogen and oxygen atoms in total. The van der Waals surface area contributed by atoms with Crippen LogP contribution in [0.2, 0.25) is 0 Å². The number of carboxylic acids is 1. The molecule has 104 valence electrons. The van der Waals surface area contributed by atoms with Crippen molar-refractivity contribution in [3.8, 4) is 0 Å². The number of hydrogen-bond donors (Lipinski definition) is 3. The zero-order valence-electron chi connectivity index (χ0n) is 9.81. The molecule has 0 spiro atoms. The predicted octanol–water partition coefficient (Wildman–Crippen LogP) is 4.62. The van der Waals surface area contributed by atoms with Crippen LogP contribution in [0, 0.1) is 0 Å². The summed E-state index contributed by atoms with van der Waals surface area (Å²) >= 11 is 7.79. The number of anilines is 2. The molecule has 8 heteroatoms. The van der Waals surface area contributed by atoms with E-state index in [9.17, 15) is 9.59 Å². The molecule has 2 amide bonds. The predicted molar refractivity (Wildman–Crippen MR) is 85.8 cm³/mol. The van der Waals surface area contributed by atoms with Crippen LogP contribution in [0.1, 0.15) is 10.4 Å². The Balaban J connectivity index is 2.09. The first-order valence-electron chi connectivity index (χ1n) is 5.31. The van der Waals surface area contributed by atoms with Gasteiger partial charge in [-0.3, -0.25) is 5.32 Å². The Labute approximate surface area is 135 Å². The fourth-order valence-corrected chi connectivity index (χ4v) is 3.34. The maximum absolute atomic E-state index is 11.9. The molecule has 1 aromatic heterocycles. The maximum Gasteiger partial charge on any atom is 0.338 e. The second-order valence-corrected chi connectivity index (χ2v) is 6.36. The Morgan fingerprint density at radius 3 is 2.55 bits per heavy atom. The molecule has 1 aromatic carbocycles. The third-order valence-electron chi connectivity index (χ3n) is 2.30. The summed E-state index contributed by atoms with van der Waals surface area (Å²) < 4.78 is 1.59. The third-order valence-corrected chi connectivity index (χ3v) is 4.28. The van der Waals surface area contributed by atoms with E-state index < -0.39 is 12.0 Å². The van der Waals surface area contributed by atoms with Gasteiger partial charge in [-0.05, 0) is 45.6 Å². The van der Waals surface area contributed by atoms with Gasteiger partial charge in [0.15, 0.2) is 0 Å². The van der Waals surface area contributed by atoms with Crippen molar-refractivity contribution < 1.29 is 14.7 Å². The highest BCUT2D eigenvalue weighted by molar-refractivity contribution is 9.11. The van der Waals surface area contributed by atoms with Gasteiger partial charge < -0.3 is 10.4 Å². The van der Waals surface area contributed by atoms with Crippen molar-refractivity contribution in [2.24, 2.45) is 0 Å². The van der Waals surface area contributed by atoms with E-state index in [1.165, 1.54) is 6.07 Å². The molecule has 0 saturated carbocycles. The number of rotatable bonds is 3. The molecule has 0 bridgehead atoms. The van der Waals surface area contributed by atoms with Crippen molar-refractivity contribution in [2.75, 3.05) is 10.6 Å². The van der Waals surface area contributed by atoms with Crippen molar-refractivity contribution in [3.05, 3.63) is 44.2 Å². The van der Waals surface area contributed by atoms with Crippen molar-refractivity contribution in [1.82, 2.24) is 0 Å². The minimum atomic E-state index is -1.08.